The highest BCUT2D eigenvalue weighted by atomic mass is 16.2. The zero-order valence-corrected chi connectivity index (χ0v) is 10.1. The lowest BCUT2D eigenvalue weighted by Crippen LogP contribution is -2.28. The van der Waals surface area contributed by atoms with Crippen LogP contribution in [-0.2, 0) is 13.6 Å². The predicted octanol–water partition coefficient (Wildman–Crippen LogP) is 1.32. The normalized spacial score (nSPS) is 10.1. The molecule has 94 valence electrons. The van der Waals surface area contributed by atoms with Crippen LogP contribution < -0.4 is 16.4 Å². The first-order chi connectivity index (χ1) is 8.65. The standard InChI is InChI=1S/C12H15N5O/c1-17-11(6-7-15-17)8-14-12(18)16-10-4-2-9(13)3-5-10/h2-7H,8,13H2,1H3,(H2,14,16,18). The Morgan fingerprint density at radius 1 is 1.33 bits per heavy atom. The van der Waals surface area contributed by atoms with E-state index in [4.69, 9.17) is 5.73 Å². The van der Waals surface area contributed by atoms with Crippen LogP contribution in [0.2, 0.25) is 0 Å². The maximum Gasteiger partial charge on any atom is 0.319 e. The molecule has 1 aromatic carbocycles. The summed E-state index contributed by atoms with van der Waals surface area (Å²) in [5, 5.41) is 9.48. The fourth-order valence-electron chi connectivity index (χ4n) is 1.49. The third kappa shape index (κ3) is 3.00. The Balaban J connectivity index is 1.86. The van der Waals surface area contributed by atoms with Gasteiger partial charge >= 0.3 is 6.03 Å². The van der Waals surface area contributed by atoms with Gasteiger partial charge in [-0.1, -0.05) is 0 Å². The molecule has 0 aliphatic heterocycles. The number of nitrogens with one attached hydrogen (secondary N) is 2. The number of nitrogen functional groups attached to an aromatic ring is 1. The number of rotatable bonds is 3. The Kier molecular flexibility index (Phi) is 3.47. The van der Waals surface area contributed by atoms with Crippen molar-refractivity contribution >= 4 is 17.4 Å². The van der Waals surface area contributed by atoms with Crippen LogP contribution in [0.4, 0.5) is 16.2 Å². The van der Waals surface area contributed by atoms with Crippen molar-refractivity contribution in [2.24, 2.45) is 7.05 Å². The summed E-state index contributed by atoms with van der Waals surface area (Å²) in [5.74, 6) is 0. The molecule has 6 heteroatoms. The summed E-state index contributed by atoms with van der Waals surface area (Å²) in [6, 6.07) is 8.55. The number of nitrogens with two attached hydrogens (primary N) is 1. The zero-order valence-electron chi connectivity index (χ0n) is 10.1. The molecule has 0 saturated heterocycles. The second-order valence-corrected chi connectivity index (χ2v) is 3.88. The van der Waals surface area contributed by atoms with Gasteiger partial charge in [0.15, 0.2) is 0 Å². The molecule has 6 nitrogen and oxygen atoms in total. The number of nitrogens with zero attached hydrogens (tertiary/aromatic N) is 2. The van der Waals surface area contributed by atoms with E-state index in [1.807, 2.05) is 13.1 Å². The maximum atomic E-state index is 11.6. The lowest BCUT2D eigenvalue weighted by molar-refractivity contribution is 0.251. The number of benzene rings is 1. The van der Waals surface area contributed by atoms with Crippen LogP contribution in [-0.4, -0.2) is 15.8 Å². The van der Waals surface area contributed by atoms with E-state index < -0.39 is 0 Å². The van der Waals surface area contributed by atoms with Crippen molar-refractivity contribution in [3.8, 4) is 0 Å². The molecule has 0 aliphatic rings. The Bertz CT molecular complexity index is 532. The van der Waals surface area contributed by atoms with Gasteiger partial charge in [-0.15, -0.1) is 0 Å². The first-order valence-electron chi connectivity index (χ1n) is 5.52. The molecule has 1 aromatic heterocycles. The summed E-state index contributed by atoms with van der Waals surface area (Å²) in [6.07, 6.45) is 1.69. The second kappa shape index (κ2) is 5.22. The molecule has 2 amide bonds. The number of hydrogen-bond acceptors (Lipinski definition) is 3. The van der Waals surface area contributed by atoms with Crippen molar-refractivity contribution in [3.63, 3.8) is 0 Å². The van der Waals surface area contributed by atoms with Crippen LogP contribution in [0.5, 0.6) is 0 Å². The highest BCUT2D eigenvalue weighted by Gasteiger charge is 2.03. The molecule has 4 N–H and O–H groups in total. The van der Waals surface area contributed by atoms with Crippen molar-refractivity contribution in [1.29, 1.82) is 0 Å². The summed E-state index contributed by atoms with van der Waals surface area (Å²) in [4.78, 5) is 11.6. The lowest BCUT2D eigenvalue weighted by atomic mass is 10.3. The summed E-state index contributed by atoms with van der Waals surface area (Å²) in [5.41, 5.74) is 7.86. The van der Waals surface area contributed by atoms with E-state index in [1.54, 1.807) is 35.1 Å². The quantitative estimate of drug-likeness (QED) is 0.713. The smallest absolute Gasteiger partial charge is 0.319 e. The maximum absolute atomic E-state index is 11.6. The molecule has 0 fully saturated rings. The summed E-state index contributed by atoms with van der Waals surface area (Å²) in [6.45, 7) is 0.428. The molecule has 2 aromatic rings. The predicted molar refractivity (Wildman–Crippen MR) is 69.9 cm³/mol. The molecular weight excluding hydrogens is 230 g/mol. The van der Waals surface area contributed by atoms with Gasteiger partial charge in [-0.05, 0) is 30.3 Å². The topological polar surface area (TPSA) is 85.0 Å². The van der Waals surface area contributed by atoms with Gasteiger partial charge in [0.05, 0.1) is 12.2 Å². The number of aryl methyl sites for hydroxylation is 1. The van der Waals surface area contributed by atoms with E-state index in [-0.39, 0.29) is 6.03 Å². The molecule has 0 radical (unpaired) electrons. The number of carbonyl (C=O) groups excluding carboxylic acids is 1. The SMILES string of the molecule is Cn1nccc1CNC(=O)Nc1ccc(N)cc1. The van der Waals surface area contributed by atoms with Gasteiger partial charge in [0.2, 0.25) is 0 Å². The number of anilines is 2. The van der Waals surface area contributed by atoms with Crippen molar-refractivity contribution in [2.75, 3.05) is 11.1 Å². The molecule has 0 aliphatic carbocycles. The van der Waals surface area contributed by atoms with Crippen LogP contribution in [0.25, 0.3) is 0 Å². The highest BCUT2D eigenvalue weighted by Crippen LogP contribution is 2.10. The van der Waals surface area contributed by atoms with Gasteiger partial charge in [0.1, 0.15) is 0 Å². The lowest BCUT2D eigenvalue weighted by Gasteiger charge is -2.08. The van der Waals surface area contributed by atoms with E-state index in [0.717, 1.165) is 5.69 Å². The van der Waals surface area contributed by atoms with Crippen molar-refractivity contribution in [2.45, 2.75) is 6.54 Å². The fraction of sp³-hybridized carbons (Fsp3) is 0.167. The Morgan fingerprint density at radius 3 is 2.67 bits per heavy atom. The zero-order chi connectivity index (χ0) is 13.0. The molecule has 0 unspecified atom stereocenters. The van der Waals surface area contributed by atoms with Crippen molar-refractivity contribution in [3.05, 3.63) is 42.2 Å². The van der Waals surface area contributed by atoms with Crippen LogP contribution >= 0.6 is 0 Å². The number of aromatic nitrogens is 2. The van der Waals surface area contributed by atoms with E-state index in [2.05, 4.69) is 15.7 Å². The molecule has 18 heavy (non-hydrogen) atoms. The van der Waals surface area contributed by atoms with Crippen LogP contribution in [0.15, 0.2) is 36.5 Å². The molecular formula is C12H15N5O. The third-order valence-electron chi connectivity index (χ3n) is 2.52. The molecule has 0 saturated carbocycles. The van der Waals surface area contributed by atoms with Gasteiger partial charge in [-0.2, -0.15) is 5.10 Å². The van der Waals surface area contributed by atoms with Crippen LogP contribution in [0, 0.1) is 0 Å². The minimum absolute atomic E-state index is 0.263. The summed E-state index contributed by atoms with van der Waals surface area (Å²) < 4.78 is 1.71. The first-order valence-corrected chi connectivity index (χ1v) is 5.52. The highest BCUT2D eigenvalue weighted by molar-refractivity contribution is 5.89. The minimum atomic E-state index is -0.263. The number of hydrogen-bond donors (Lipinski definition) is 3. The fourth-order valence-corrected chi connectivity index (χ4v) is 1.49. The molecule has 1 heterocycles. The van der Waals surface area contributed by atoms with Gasteiger partial charge < -0.3 is 16.4 Å². The third-order valence-corrected chi connectivity index (χ3v) is 2.52. The van der Waals surface area contributed by atoms with Gasteiger partial charge in [-0.25, -0.2) is 4.79 Å². The Morgan fingerprint density at radius 2 is 2.06 bits per heavy atom. The molecule has 0 spiro atoms. The summed E-state index contributed by atoms with van der Waals surface area (Å²) >= 11 is 0. The van der Waals surface area contributed by atoms with Gasteiger partial charge in [-0.3, -0.25) is 4.68 Å². The van der Waals surface area contributed by atoms with Crippen molar-refractivity contribution in [1.82, 2.24) is 15.1 Å². The summed E-state index contributed by atoms with van der Waals surface area (Å²) in [7, 11) is 1.83. The van der Waals surface area contributed by atoms with Gasteiger partial charge in [0, 0.05) is 24.6 Å². The molecule has 0 bridgehead atoms. The van der Waals surface area contributed by atoms with Crippen molar-refractivity contribution < 1.29 is 4.79 Å². The largest absolute Gasteiger partial charge is 0.399 e. The Hall–Kier alpha value is -2.50. The van der Waals surface area contributed by atoms with Crippen LogP contribution in [0.1, 0.15) is 5.69 Å². The number of amides is 2. The van der Waals surface area contributed by atoms with E-state index in [9.17, 15) is 4.79 Å². The minimum Gasteiger partial charge on any atom is -0.399 e. The Labute approximate surface area is 105 Å². The van der Waals surface area contributed by atoms with Gasteiger partial charge in [0.25, 0.3) is 0 Å². The van der Waals surface area contributed by atoms with E-state index in [1.165, 1.54) is 0 Å². The van der Waals surface area contributed by atoms with E-state index >= 15 is 0 Å². The van der Waals surface area contributed by atoms with Crippen LogP contribution in [0.3, 0.4) is 0 Å². The van der Waals surface area contributed by atoms with E-state index in [0.29, 0.717) is 17.9 Å². The average molecular weight is 245 g/mol. The average Bonchev–Trinajstić information content (AvgIpc) is 2.75. The first kappa shape index (κ1) is 12.0. The molecule has 2 rings (SSSR count). The number of urea groups is 1. The second-order valence-electron chi connectivity index (χ2n) is 3.88. The number of carbonyl (C=O) groups is 1. The molecule has 0 atom stereocenters. The monoisotopic (exact) mass is 245 g/mol.